The number of hydrogen-bond acceptors (Lipinski definition) is 4. The second-order valence-corrected chi connectivity index (χ2v) is 7.51. The van der Waals surface area contributed by atoms with E-state index in [9.17, 15) is 8.42 Å². The highest BCUT2D eigenvalue weighted by molar-refractivity contribution is 7.89. The highest BCUT2D eigenvalue weighted by atomic mass is 32.2. The molecule has 0 radical (unpaired) electrons. The molecule has 0 aliphatic carbocycles. The van der Waals surface area contributed by atoms with E-state index in [2.05, 4.69) is 0 Å². The Morgan fingerprint density at radius 3 is 2.26 bits per heavy atom. The van der Waals surface area contributed by atoms with E-state index in [0.717, 1.165) is 11.3 Å². The Hall–Kier alpha value is -2.36. The van der Waals surface area contributed by atoms with Gasteiger partial charge in [-0.1, -0.05) is 18.2 Å². The molecule has 0 N–H and O–H groups in total. The second-order valence-electron chi connectivity index (χ2n) is 5.46. The second kappa shape index (κ2) is 6.82. The Balaban J connectivity index is 2.21. The monoisotopic (exact) mass is 329 g/mol. The van der Waals surface area contributed by atoms with Crippen molar-refractivity contribution in [3.05, 3.63) is 59.7 Å². The zero-order valence-electron chi connectivity index (χ0n) is 13.4. The molecule has 6 heteroatoms. The van der Waals surface area contributed by atoms with Crippen LogP contribution in [0.5, 0.6) is 0 Å². The summed E-state index contributed by atoms with van der Waals surface area (Å²) in [5.74, 6) is 0. The summed E-state index contributed by atoms with van der Waals surface area (Å²) < 4.78 is 26.5. The summed E-state index contributed by atoms with van der Waals surface area (Å²) in [7, 11) is 1.82. The minimum Gasteiger partial charge on any atom is -0.378 e. The largest absolute Gasteiger partial charge is 0.378 e. The lowest BCUT2D eigenvalue weighted by atomic mass is 10.2. The van der Waals surface area contributed by atoms with Gasteiger partial charge in [0.05, 0.1) is 16.5 Å². The summed E-state index contributed by atoms with van der Waals surface area (Å²) in [6.07, 6.45) is 0. The molecule has 5 nitrogen and oxygen atoms in total. The van der Waals surface area contributed by atoms with E-state index in [4.69, 9.17) is 5.26 Å². The molecule has 0 heterocycles. The molecule has 2 aromatic rings. The van der Waals surface area contributed by atoms with Crippen molar-refractivity contribution in [2.45, 2.75) is 11.4 Å². The summed E-state index contributed by atoms with van der Waals surface area (Å²) in [6, 6.07) is 15.7. The van der Waals surface area contributed by atoms with E-state index in [0.29, 0.717) is 5.56 Å². The summed E-state index contributed by atoms with van der Waals surface area (Å²) in [4.78, 5) is 2.11. The van der Waals surface area contributed by atoms with Gasteiger partial charge in [-0.2, -0.15) is 9.57 Å². The van der Waals surface area contributed by atoms with Gasteiger partial charge in [0.15, 0.2) is 0 Å². The molecule has 120 valence electrons. The normalized spacial score (nSPS) is 11.3. The molecule has 0 bridgehead atoms. The number of benzene rings is 2. The lowest BCUT2D eigenvalue weighted by molar-refractivity contribution is 0.466. The Bertz CT molecular complexity index is 822. The average molecular weight is 329 g/mol. The zero-order chi connectivity index (χ0) is 17.0. The predicted molar refractivity (Wildman–Crippen MR) is 90.6 cm³/mol. The van der Waals surface area contributed by atoms with Crippen LogP contribution in [-0.4, -0.2) is 33.9 Å². The minimum absolute atomic E-state index is 0.129. The van der Waals surface area contributed by atoms with Crippen LogP contribution in [0.3, 0.4) is 0 Å². The van der Waals surface area contributed by atoms with Gasteiger partial charge in [0.2, 0.25) is 10.0 Å². The fourth-order valence-electron chi connectivity index (χ4n) is 2.15. The Morgan fingerprint density at radius 1 is 1.04 bits per heavy atom. The summed E-state index contributed by atoms with van der Waals surface area (Å²) >= 11 is 0. The third-order valence-electron chi connectivity index (χ3n) is 3.53. The lowest BCUT2D eigenvalue weighted by Gasteiger charge is -2.18. The van der Waals surface area contributed by atoms with Crippen molar-refractivity contribution in [3.63, 3.8) is 0 Å². The maximum Gasteiger partial charge on any atom is 0.243 e. The van der Waals surface area contributed by atoms with Crippen LogP contribution in [-0.2, 0) is 16.6 Å². The smallest absolute Gasteiger partial charge is 0.243 e. The number of rotatable bonds is 5. The van der Waals surface area contributed by atoms with Crippen molar-refractivity contribution >= 4 is 15.7 Å². The average Bonchev–Trinajstić information content (AvgIpc) is 2.55. The van der Waals surface area contributed by atoms with Crippen LogP contribution in [0.1, 0.15) is 11.1 Å². The molecule has 0 saturated heterocycles. The standard InChI is InChI=1S/C17H19N3O2S/c1-19(2)16-9-7-14(8-10-16)13-20(3)23(21,22)17-6-4-5-15(11-17)12-18/h4-11H,13H2,1-3H3. The molecule has 0 amide bonds. The summed E-state index contributed by atoms with van der Waals surface area (Å²) in [5, 5.41) is 8.91. The van der Waals surface area contributed by atoms with E-state index in [1.54, 1.807) is 12.1 Å². The van der Waals surface area contributed by atoms with Crippen molar-refractivity contribution in [2.75, 3.05) is 26.0 Å². The number of nitrogens with zero attached hydrogens (tertiary/aromatic N) is 3. The molecule has 23 heavy (non-hydrogen) atoms. The third kappa shape index (κ3) is 3.89. The topological polar surface area (TPSA) is 64.4 Å². The van der Waals surface area contributed by atoms with Crippen molar-refractivity contribution < 1.29 is 8.42 Å². The highest BCUT2D eigenvalue weighted by Gasteiger charge is 2.21. The van der Waals surface area contributed by atoms with E-state index >= 15 is 0 Å². The molecule has 0 unspecified atom stereocenters. The maximum atomic E-state index is 12.6. The Kier molecular flexibility index (Phi) is 5.04. The van der Waals surface area contributed by atoms with Crippen molar-refractivity contribution in [3.8, 4) is 6.07 Å². The molecule has 0 aliphatic heterocycles. The molecular weight excluding hydrogens is 310 g/mol. The molecular formula is C17H19N3O2S. The molecule has 2 rings (SSSR count). The van der Waals surface area contributed by atoms with Crippen molar-refractivity contribution in [2.24, 2.45) is 0 Å². The maximum absolute atomic E-state index is 12.6. The molecule has 0 aromatic heterocycles. The van der Waals surface area contributed by atoms with Gasteiger partial charge in [-0.25, -0.2) is 8.42 Å². The first-order valence-corrected chi connectivity index (χ1v) is 8.51. The van der Waals surface area contributed by atoms with Crippen LogP contribution in [0.25, 0.3) is 0 Å². The first kappa shape index (κ1) is 17.0. The number of sulfonamides is 1. The zero-order valence-corrected chi connectivity index (χ0v) is 14.2. The number of anilines is 1. The fourth-order valence-corrected chi connectivity index (χ4v) is 3.35. The van der Waals surface area contributed by atoms with E-state index in [-0.39, 0.29) is 11.4 Å². The van der Waals surface area contributed by atoms with Gasteiger partial charge >= 0.3 is 0 Å². The molecule has 0 aliphatic rings. The minimum atomic E-state index is -3.62. The molecule has 0 spiro atoms. The predicted octanol–water partition coefficient (Wildman–Crippen LogP) is 2.44. The van der Waals surface area contributed by atoms with E-state index < -0.39 is 10.0 Å². The SMILES string of the molecule is CN(C)c1ccc(CN(C)S(=O)(=O)c2cccc(C#N)c2)cc1. The van der Waals surface area contributed by atoms with E-state index in [1.807, 2.05) is 49.3 Å². The van der Waals surface area contributed by atoms with Crippen LogP contribution in [0.15, 0.2) is 53.4 Å². The van der Waals surface area contributed by atoms with Crippen LogP contribution in [0, 0.1) is 11.3 Å². The molecule has 0 atom stereocenters. The van der Waals surface area contributed by atoms with Gasteiger partial charge in [0.1, 0.15) is 0 Å². The fraction of sp³-hybridized carbons (Fsp3) is 0.235. The third-order valence-corrected chi connectivity index (χ3v) is 5.33. The molecule has 2 aromatic carbocycles. The van der Waals surface area contributed by atoms with Crippen LogP contribution in [0.2, 0.25) is 0 Å². The van der Waals surface area contributed by atoms with Gasteiger partial charge in [0.25, 0.3) is 0 Å². The van der Waals surface area contributed by atoms with Gasteiger partial charge in [-0.3, -0.25) is 0 Å². The molecule has 0 saturated carbocycles. The van der Waals surface area contributed by atoms with Gasteiger partial charge in [-0.05, 0) is 35.9 Å². The van der Waals surface area contributed by atoms with Crippen LogP contribution < -0.4 is 4.90 Å². The molecule has 0 fully saturated rings. The van der Waals surface area contributed by atoms with Crippen LogP contribution >= 0.6 is 0 Å². The van der Waals surface area contributed by atoms with Gasteiger partial charge in [-0.15, -0.1) is 0 Å². The Morgan fingerprint density at radius 2 is 1.70 bits per heavy atom. The van der Waals surface area contributed by atoms with Gasteiger partial charge < -0.3 is 4.90 Å². The van der Waals surface area contributed by atoms with Crippen molar-refractivity contribution in [1.29, 1.82) is 5.26 Å². The quantitative estimate of drug-likeness (QED) is 0.845. The first-order chi connectivity index (χ1) is 10.8. The summed E-state index contributed by atoms with van der Waals surface area (Å²) in [5.41, 5.74) is 2.29. The number of nitriles is 1. The first-order valence-electron chi connectivity index (χ1n) is 7.07. The Labute approximate surface area is 137 Å². The van der Waals surface area contributed by atoms with Crippen molar-refractivity contribution in [1.82, 2.24) is 4.31 Å². The number of hydrogen-bond donors (Lipinski definition) is 0. The van der Waals surface area contributed by atoms with E-state index in [1.165, 1.54) is 23.5 Å². The highest BCUT2D eigenvalue weighted by Crippen LogP contribution is 2.19. The lowest BCUT2D eigenvalue weighted by Crippen LogP contribution is -2.26. The van der Waals surface area contributed by atoms with Gasteiger partial charge in [0, 0.05) is 33.4 Å². The van der Waals surface area contributed by atoms with Crippen LogP contribution in [0.4, 0.5) is 5.69 Å². The summed E-state index contributed by atoms with van der Waals surface area (Å²) in [6.45, 7) is 0.271.